The van der Waals surface area contributed by atoms with Crippen molar-refractivity contribution in [2.24, 2.45) is 5.92 Å². The molecule has 0 aromatic heterocycles. The minimum atomic E-state index is -0.308. The number of anilines is 1. The van der Waals surface area contributed by atoms with Crippen LogP contribution >= 0.6 is 11.6 Å². The van der Waals surface area contributed by atoms with E-state index in [-0.39, 0.29) is 24.2 Å². The zero-order chi connectivity index (χ0) is 18.5. The Labute approximate surface area is 159 Å². The molecule has 0 aliphatic carbocycles. The van der Waals surface area contributed by atoms with E-state index in [1.54, 1.807) is 11.0 Å². The van der Waals surface area contributed by atoms with Crippen molar-refractivity contribution in [3.8, 4) is 0 Å². The quantitative estimate of drug-likeness (QED) is 0.787. The normalized spacial score (nSPS) is 16.8. The van der Waals surface area contributed by atoms with Gasteiger partial charge in [-0.3, -0.25) is 9.59 Å². The van der Waals surface area contributed by atoms with Gasteiger partial charge in [-0.1, -0.05) is 48.0 Å². The Morgan fingerprint density at radius 2 is 1.96 bits per heavy atom. The molecule has 3 rings (SSSR count). The van der Waals surface area contributed by atoms with Crippen LogP contribution in [0.1, 0.15) is 24.0 Å². The molecule has 1 aliphatic heterocycles. The molecule has 4 nitrogen and oxygen atoms in total. The summed E-state index contributed by atoms with van der Waals surface area (Å²) in [6, 6.07) is 15.7. The fourth-order valence-corrected chi connectivity index (χ4v) is 3.47. The van der Waals surface area contributed by atoms with E-state index in [1.165, 1.54) is 5.56 Å². The fraction of sp³-hybridized carbons (Fsp3) is 0.333. The van der Waals surface area contributed by atoms with Crippen molar-refractivity contribution in [1.82, 2.24) is 5.32 Å². The second kappa shape index (κ2) is 8.37. The highest BCUT2D eigenvalue weighted by atomic mass is 35.5. The van der Waals surface area contributed by atoms with Crippen molar-refractivity contribution < 1.29 is 9.59 Å². The number of nitrogens with one attached hydrogen (secondary N) is 1. The van der Waals surface area contributed by atoms with Gasteiger partial charge >= 0.3 is 0 Å². The van der Waals surface area contributed by atoms with Gasteiger partial charge in [-0.05, 0) is 43.0 Å². The largest absolute Gasteiger partial charge is 0.356 e. The molecule has 0 bridgehead atoms. The van der Waals surface area contributed by atoms with Crippen molar-refractivity contribution in [2.75, 3.05) is 18.0 Å². The molecule has 2 aromatic rings. The highest BCUT2D eigenvalue weighted by molar-refractivity contribution is 6.31. The average Bonchev–Trinajstić information content (AvgIpc) is 3.03. The van der Waals surface area contributed by atoms with Gasteiger partial charge < -0.3 is 10.2 Å². The Morgan fingerprint density at radius 3 is 2.73 bits per heavy atom. The summed E-state index contributed by atoms with van der Waals surface area (Å²) in [5, 5.41) is 3.60. The number of benzene rings is 2. The van der Waals surface area contributed by atoms with E-state index < -0.39 is 0 Å². The maximum atomic E-state index is 12.4. The summed E-state index contributed by atoms with van der Waals surface area (Å²) in [5.74, 6) is -0.383. The maximum Gasteiger partial charge on any atom is 0.227 e. The molecule has 1 N–H and O–H groups in total. The first-order chi connectivity index (χ1) is 12.6. The van der Waals surface area contributed by atoms with Crippen LogP contribution in [0.3, 0.4) is 0 Å². The van der Waals surface area contributed by atoms with Crippen LogP contribution in [-0.4, -0.2) is 24.9 Å². The van der Waals surface area contributed by atoms with Crippen LogP contribution in [0.15, 0.2) is 48.5 Å². The Kier molecular flexibility index (Phi) is 5.94. The van der Waals surface area contributed by atoms with E-state index >= 15 is 0 Å². The molecule has 0 saturated carbocycles. The van der Waals surface area contributed by atoms with Gasteiger partial charge in [0.05, 0.1) is 5.92 Å². The average molecular weight is 371 g/mol. The third-order valence-corrected chi connectivity index (χ3v) is 5.22. The number of hydrogen-bond donors (Lipinski definition) is 1. The molecule has 26 heavy (non-hydrogen) atoms. The van der Waals surface area contributed by atoms with Crippen molar-refractivity contribution in [2.45, 2.75) is 26.2 Å². The fourth-order valence-electron chi connectivity index (χ4n) is 3.30. The van der Waals surface area contributed by atoms with Crippen LogP contribution < -0.4 is 10.2 Å². The molecular weight excluding hydrogens is 348 g/mol. The molecule has 1 aliphatic rings. The van der Waals surface area contributed by atoms with Crippen LogP contribution in [-0.2, 0) is 16.0 Å². The predicted molar refractivity (Wildman–Crippen MR) is 104 cm³/mol. The third-order valence-electron chi connectivity index (χ3n) is 4.81. The second-order valence-corrected chi connectivity index (χ2v) is 7.08. The zero-order valence-corrected chi connectivity index (χ0v) is 15.6. The molecule has 0 radical (unpaired) electrons. The van der Waals surface area contributed by atoms with E-state index in [0.29, 0.717) is 18.1 Å². The summed E-state index contributed by atoms with van der Waals surface area (Å²) < 4.78 is 0. The zero-order valence-electron chi connectivity index (χ0n) is 14.9. The van der Waals surface area contributed by atoms with Gasteiger partial charge in [0.25, 0.3) is 0 Å². The van der Waals surface area contributed by atoms with Crippen LogP contribution in [0.4, 0.5) is 5.69 Å². The van der Waals surface area contributed by atoms with Crippen molar-refractivity contribution >= 4 is 29.1 Å². The molecule has 1 saturated heterocycles. The van der Waals surface area contributed by atoms with Gasteiger partial charge in [0.15, 0.2) is 0 Å². The molecule has 2 amide bonds. The first kappa shape index (κ1) is 18.5. The van der Waals surface area contributed by atoms with Gasteiger partial charge in [0, 0.05) is 30.2 Å². The Morgan fingerprint density at radius 1 is 1.19 bits per heavy atom. The Hall–Kier alpha value is -2.33. The lowest BCUT2D eigenvalue weighted by molar-refractivity contribution is -0.126. The van der Waals surface area contributed by atoms with Gasteiger partial charge in [-0.2, -0.15) is 0 Å². The summed E-state index contributed by atoms with van der Waals surface area (Å²) in [6.45, 7) is 2.92. The minimum absolute atomic E-state index is 0.0280. The van der Waals surface area contributed by atoms with Crippen LogP contribution in [0, 0.1) is 12.8 Å². The molecule has 2 aromatic carbocycles. The smallest absolute Gasteiger partial charge is 0.227 e. The number of nitrogens with zero attached hydrogens (tertiary/aromatic N) is 1. The summed E-state index contributed by atoms with van der Waals surface area (Å²) in [6.07, 6.45) is 2.06. The van der Waals surface area contributed by atoms with Gasteiger partial charge in [-0.25, -0.2) is 0 Å². The standard InChI is InChI=1S/C21H23ClN2O2/c1-15-18(22)10-5-11-19(15)24-14-17(13-20(24)25)21(26)23-12-6-9-16-7-3-2-4-8-16/h2-5,7-8,10-11,17H,6,9,12-14H2,1H3,(H,23,26)/t17-/m1/s1. The topological polar surface area (TPSA) is 49.4 Å². The van der Waals surface area contributed by atoms with E-state index in [4.69, 9.17) is 11.6 Å². The monoisotopic (exact) mass is 370 g/mol. The van der Waals surface area contributed by atoms with Gasteiger partial charge in [0.2, 0.25) is 11.8 Å². The lowest BCUT2D eigenvalue weighted by atomic mass is 10.1. The number of carbonyl (C=O) groups excluding carboxylic acids is 2. The number of hydrogen-bond acceptors (Lipinski definition) is 2. The van der Waals surface area contributed by atoms with E-state index in [9.17, 15) is 9.59 Å². The van der Waals surface area contributed by atoms with Crippen molar-refractivity contribution in [1.29, 1.82) is 0 Å². The maximum absolute atomic E-state index is 12.4. The first-order valence-electron chi connectivity index (χ1n) is 8.93. The number of rotatable bonds is 6. The van der Waals surface area contributed by atoms with Crippen molar-refractivity contribution in [3.63, 3.8) is 0 Å². The molecular formula is C21H23ClN2O2. The molecule has 5 heteroatoms. The highest BCUT2D eigenvalue weighted by Crippen LogP contribution is 2.31. The van der Waals surface area contributed by atoms with Gasteiger partial charge in [-0.15, -0.1) is 0 Å². The van der Waals surface area contributed by atoms with E-state index in [2.05, 4.69) is 17.4 Å². The molecule has 0 unspecified atom stereocenters. The lowest BCUT2D eigenvalue weighted by Gasteiger charge is -2.19. The molecule has 0 spiro atoms. The first-order valence-corrected chi connectivity index (χ1v) is 9.31. The SMILES string of the molecule is Cc1c(Cl)cccc1N1C[C@H](C(=O)NCCCc2ccccc2)CC1=O. The Bertz CT molecular complexity index is 792. The van der Waals surface area contributed by atoms with Crippen LogP contribution in [0.25, 0.3) is 0 Å². The number of carbonyl (C=O) groups is 2. The molecule has 1 atom stereocenters. The Balaban J connectivity index is 1.51. The van der Waals surface area contributed by atoms with E-state index in [1.807, 2.05) is 37.3 Å². The summed E-state index contributed by atoms with van der Waals surface area (Å²) in [7, 11) is 0. The summed E-state index contributed by atoms with van der Waals surface area (Å²) in [5.41, 5.74) is 2.92. The third kappa shape index (κ3) is 4.25. The van der Waals surface area contributed by atoms with Crippen LogP contribution in [0.2, 0.25) is 5.02 Å². The van der Waals surface area contributed by atoms with Crippen LogP contribution in [0.5, 0.6) is 0 Å². The number of amides is 2. The second-order valence-electron chi connectivity index (χ2n) is 6.67. The summed E-state index contributed by atoms with van der Waals surface area (Å²) in [4.78, 5) is 26.5. The molecule has 136 valence electrons. The number of halogens is 1. The van der Waals surface area contributed by atoms with Crippen molar-refractivity contribution in [3.05, 3.63) is 64.7 Å². The molecule has 1 heterocycles. The summed E-state index contributed by atoms with van der Waals surface area (Å²) >= 11 is 6.16. The number of aryl methyl sites for hydroxylation is 1. The molecule has 1 fully saturated rings. The predicted octanol–water partition coefficient (Wildman–Crippen LogP) is 3.75. The van der Waals surface area contributed by atoms with Gasteiger partial charge in [0.1, 0.15) is 0 Å². The van der Waals surface area contributed by atoms with E-state index in [0.717, 1.165) is 24.1 Å². The lowest BCUT2D eigenvalue weighted by Crippen LogP contribution is -2.33. The highest BCUT2D eigenvalue weighted by Gasteiger charge is 2.35. The minimum Gasteiger partial charge on any atom is -0.356 e.